The highest BCUT2D eigenvalue weighted by atomic mass is 35.5. The van der Waals surface area contributed by atoms with Crippen molar-refractivity contribution in [3.8, 4) is 91.5 Å². The number of hydrogen-bond donors (Lipinski definition) is 6. The van der Waals surface area contributed by atoms with Crippen LogP contribution in [0.25, 0.3) is 22.5 Å². The second-order valence-electron chi connectivity index (χ2n) is 30.4. The number of nitrogens with two attached hydrogens (primary N) is 2. The van der Waals surface area contributed by atoms with Crippen LogP contribution in [0, 0.1) is 11.8 Å². The largest absolute Gasteiger partial charge is 0.493 e. The van der Waals surface area contributed by atoms with Crippen LogP contribution in [0.1, 0.15) is 79.3 Å². The van der Waals surface area contributed by atoms with Crippen molar-refractivity contribution in [2.75, 3.05) is 44.0 Å². The van der Waals surface area contributed by atoms with Gasteiger partial charge < -0.3 is 69.8 Å². The fourth-order valence-corrected chi connectivity index (χ4v) is 14.9. The number of nitrogens with one attached hydrogen (secondary N) is 3. The van der Waals surface area contributed by atoms with Crippen molar-refractivity contribution < 1.29 is 62.2 Å². The molecule has 16 aromatic rings. The lowest BCUT2D eigenvalue weighted by Gasteiger charge is -2.25. The van der Waals surface area contributed by atoms with E-state index in [1.807, 2.05) is 182 Å². The first-order chi connectivity index (χ1) is 64.5. The predicted octanol–water partition coefficient (Wildman–Crippen LogP) is 21.7. The highest BCUT2D eigenvalue weighted by Crippen LogP contribution is 2.41. The Hall–Kier alpha value is -15.6. The number of rotatable bonds is 22. The number of nitrogen functional groups attached to an aromatic ring is 1. The number of aromatic amines is 2. The minimum atomic E-state index is -0.854. The van der Waals surface area contributed by atoms with Gasteiger partial charge in [0.2, 0.25) is 0 Å². The molecule has 8 N–H and O–H groups in total. The van der Waals surface area contributed by atoms with Gasteiger partial charge in [0.25, 0.3) is 0 Å². The lowest BCUT2D eigenvalue weighted by molar-refractivity contribution is -0.143. The summed E-state index contributed by atoms with van der Waals surface area (Å²) in [6, 6.07) is 86.0. The van der Waals surface area contributed by atoms with Gasteiger partial charge in [0.1, 0.15) is 126 Å². The van der Waals surface area contributed by atoms with Gasteiger partial charge in [-0.15, -0.1) is 0 Å². The molecular formula is C103H88Cl3N13O13. The first kappa shape index (κ1) is 91.2. The van der Waals surface area contributed by atoms with Crippen LogP contribution in [0.15, 0.2) is 329 Å². The molecule has 26 nitrogen and oxygen atoms in total. The van der Waals surface area contributed by atoms with E-state index in [9.17, 15) is 19.2 Å². The van der Waals surface area contributed by atoms with Gasteiger partial charge in [0.05, 0.1) is 73.8 Å². The number of aliphatic carboxylic acids is 1. The van der Waals surface area contributed by atoms with Crippen LogP contribution in [-0.2, 0) is 35.3 Å². The molecule has 0 fully saturated rings. The summed E-state index contributed by atoms with van der Waals surface area (Å²) in [7, 11) is 0. The number of nitrogens with zero attached hydrogens (tertiary/aromatic N) is 8. The first-order valence-electron chi connectivity index (χ1n) is 42.2. The van der Waals surface area contributed by atoms with Gasteiger partial charge in [-0.1, -0.05) is 168 Å². The summed E-state index contributed by atoms with van der Waals surface area (Å²) in [5.41, 5.74) is 19.9. The normalized spacial score (nSPS) is 14.5. The van der Waals surface area contributed by atoms with Crippen molar-refractivity contribution in [2.45, 2.75) is 50.4 Å². The molecule has 4 aliphatic heterocycles. The summed E-state index contributed by atoms with van der Waals surface area (Å²) in [4.78, 5) is 87.2. The Kier molecular flexibility index (Phi) is 31.3. The molecule has 29 heteroatoms. The standard InChI is InChI=1S/C28H23N5O2.C24H20ClNO4.C23H18ClN3O2.C15H12ClNO4.C8H9NO.C5H6N2/c1-2-6-19(7-3-1)24-17-31-28(32-24)21-14-20-15-22(9-10-25(20)34-18-21)35-23-11-13-30-27(16-23)33-26-8-4-5-12-29-26;25-24-14-20(10-11-26-24)30-19-6-9-23-17(13-19)12-18(15-29-23)22(28)8-7-21(27)16-4-2-1-3-5-16;24-22-12-19(8-9-25-22)29-18-6-7-21-16(11-18)10-17(14-28-21)23-26-13-20(27-23)15-4-2-1-3-5-15;16-14-7-12(3-4-17-14)21-11-1-2-13-9(6-11)5-10(8-20-13)15(18)19;9-6-8(10)7-4-2-1-3-5-7;6-5-3-1-2-4-7-5/h1-13,15-17,21H,14,18H2,(H,31,32)(H,29,30,33);1-6,9-11,13-14,18H,7-8,12,15H2;1-9,11-13,17H,10,14H2,(H,26,27);1-4,6-7,10H,5,8H2,(H,18,19);1-5H,6,9H2;1-4H,(H2,6,7). The summed E-state index contributed by atoms with van der Waals surface area (Å²) < 4.78 is 46.9. The highest BCUT2D eigenvalue weighted by Gasteiger charge is 2.31. The molecule has 0 aliphatic carbocycles. The zero-order valence-corrected chi connectivity index (χ0v) is 73.2. The van der Waals surface area contributed by atoms with Crippen molar-refractivity contribution >= 4 is 75.6 Å². The number of aromatic nitrogens is 10. The fourth-order valence-electron chi connectivity index (χ4n) is 14.4. The van der Waals surface area contributed by atoms with Crippen LogP contribution in [0.4, 0.5) is 17.5 Å². The number of halogens is 3. The summed E-state index contributed by atoms with van der Waals surface area (Å²) in [5, 5.41) is 13.3. The zero-order valence-electron chi connectivity index (χ0n) is 71.0. The number of H-pyrrole nitrogens is 2. The Morgan fingerprint density at radius 2 is 0.742 bits per heavy atom. The van der Waals surface area contributed by atoms with Gasteiger partial charge in [0.15, 0.2) is 11.6 Å². The number of fused-ring (bicyclic) bond motifs is 4. The third-order valence-corrected chi connectivity index (χ3v) is 21.7. The molecule has 20 rings (SSSR count). The number of carbonyl (C=O) groups is 4. The van der Waals surface area contributed by atoms with Gasteiger partial charge in [-0.05, 0) is 180 Å². The van der Waals surface area contributed by atoms with E-state index < -0.39 is 11.9 Å². The number of pyridine rings is 6. The van der Waals surface area contributed by atoms with Crippen molar-refractivity contribution in [2.24, 2.45) is 17.6 Å². The van der Waals surface area contributed by atoms with Crippen LogP contribution in [0.5, 0.6) is 69.0 Å². The quantitative estimate of drug-likeness (QED) is 0.0271. The topological polar surface area (TPSA) is 361 Å². The number of imidazole rings is 2. The third-order valence-electron chi connectivity index (χ3n) is 21.0. The van der Waals surface area contributed by atoms with Gasteiger partial charge in [-0.2, -0.15) is 0 Å². The van der Waals surface area contributed by atoms with Crippen LogP contribution >= 0.6 is 34.8 Å². The summed E-state index contributed by atoms with van der Waals surface area (Å²) in [6.07, 6.45) is 16.7. The minimum Gasteiger partial charge on any atom is -0.493 e. The Morgan fingerprint density at radius 3 is 1.14 bits per heavy atom. The summed E-state index contributed by atoms with van der Waals surface area (Å²) in [5.74, 6) is 10.9. The smallest absolute Gasteiger partial charge is 0.310 e. The zero-order chi connectivity index (χ0) is 91.3. The fraction of sp³-hybridized carbons (Fsp3) is 0.146. The summed E-state index contributed by atoms with van der Waals surface area (Å²) in [6.45, 7) is 1.79. The Labute approximate surface area is 775 Å². The molecule has 0 radical (unpaired) electrons. The van der Waals surface area contributed by atoms with Crippen molar-refractivity contribution in [3.05, 3.63) is 389 Å². The number of carbonyl (C=O) groups excluding carboxylic acids is 3. The van der Waals surface area contributed by atoms with E-state index >= 15 is 0 Å². The molecule has 8 aromatic heterocycles. The number of ether oxygens (including phenoxy) is 8. The van der Waals surface area contributed by atoms with Crippen molar-refractivity contribution in [3.63, 3.8) is 0 Å². The Morgan fingerprint density at radius 1 is 0.371 bits per heavy atom. The average Bonchev–Trinajstić information content (AvgIpc) is 1.52. The van der Waals surface area contributed by atoms with Gasteiger partial charge in [0, 0.05) is 85.4 Å². The molecule has 8 aromatic carbocycles. The van der Waals surface area contributed by atoms with Crippen LogP contribution < -0.4 is 54.7 Å². The van der Waals surface area contributed by atoms with Crippen LogP contribution in [0.3, 0.4) is 0 Å². The van der Waals surface area contributed by atoms with E-state index in [0.29, 0.717) is 111 Å². The van der Waals surface area contributed by atoms with Gasteiger partial charge in [-0.25, -0.2) is 39.9 Å². The van der Waals surface area contributed by atoms with Gasteiger partial charge in [-0.3, -0.25) is 19.2 Å². The first-order valence-corrected chi connectivity index (χ1v) is 43.3. The van der Waals surface area contributed by atoms with Gasteiger partial charge >= 0.3 is 5.97 Å². The van der Waals surface area contributed by atoms with E-state index in [-0.39, 0.29) is 61.1 Å². The number of ketones is 3. The number of carboxylic acids is 1. The average molecular weight is 1820 g/mol. The van der Waals surface area contributed by atoms with Crippen LogP contribution in [0.2, 0.25) is 15.5 Å². The number of anilines is 3. The lowest BCUT2D eigenvalue weighted by Crippen LogP contribution is -2.28. The van der Waals surface area contributed by atoms with E-state index in [0.717, 1.165) is 104 Å². The second kappa shape index (κ2) is 45.4. The molecule has 0 saturated heterocycles. The molecule has 0 saturated carbocycles. The number of hydrogen-bond acceptors (Lipinski definition) is 23. The molecular weight excluding hydrogens is 1730 g/mol. The number of Topliss-reactive ketones (excluding diaryl/α,β-unsaturated/α-hetero) is 3. The maximum Gasteiger partial charge on any atom is 0.310 e. The SMILES string of the molecule is Clc1cc(Oc2ccc3c(c2)CC(c2ncc(-c4ccccc4)[nH]2)CO3)ccn1.NCC(=O)c1ccccc1.Nc1ccccn1.O=C(CCC(=O)C1COc2ccc(Oc3ccnc(Cl)c3)cc2C1)c1ccccc1.O=C(O)C1COc2ccc(Oc3ccnc(Cl)c3)cc2C1.c1ccc(-c2cnc(C3COc4ccc(Oc5ccnc(Nc6ccccn6)c5)cc4C3)[nH]2)cc1. The van der Waals surface area contributed by atoms with E-state index in [1.165, 1.54) is 0 Å². The highest BCUT2D eigenvalue weighted by molar-refractivity contribution is 6.30. The Balaban J connectivity index is 0.000000128. The monoisotopic (exact) mass is 1820 g/mol. The van der Waals surface area contributed by atoms with E-state index in [1.54, 1.807) is 122 Å². The third kappa shape index (κ3) is 26.1. The maximum absolute atomic E-state index is 12.7. The van der Waals surface area contributed by atoms with E-state index in [4.69, 9.17) is 89.3 Å². The van der Waals surface area contributed by atoms with Crippen LogP contribution in [-0.4, -0.2) is 111 Å². The molecule has 4 aliphatic rings. The maximum atomic E-state index is 12.7. The lowest BCUT2D eigenvalue weighted by atomic mass is 9.90. The Bertz CT molecular complexity index is 6560. The van der Waals surface area contributed by atoms with Crippen molar-refractivity contribution in [1.29, 1.82) is 0 Å². The number of benzene rings is 8. The minimum absolute atomic E-state index is 0.0133. The van der Waals surface area contributed by atoms with E-state index in [2.05, 4.69) is 79.4 Å². The molecule has 12 heterocycles. The molecule has 0 spiro atoms. The second-order valence-corrected chi connectivity index (χ2v) is 31.6. The molecule has 0 bridgehead atoms. The van der Waals surface area contributed by atoms with Crippen molar-refractivity contribution in [1.82, 2.24) is 49.8 Å². The summed E-state index contributed by atoms with van der Waals surface area (Å²) >= 11 is 17.6. The molecule has 4 unspecified atom stereocenters. The molecule has 664 valence electrons. The molecule has 4 atom stereocenters. The molecule has 132 heavy (non-hydrogen) atoms. The number of carboxylic acid groups (broad SMARTS) is 1. The molecule has 0 amide bonds. The predicted molar refractivity (Wildman–Crippen MR) is 504 cm³/mol.